The Morgan fingerprint density at radius 3 is 2.56 bits per heavy atom. The van der Waals surface area contributed by atoms with Gasteiger partial charge in [-0.2, -0.15) is 13.2 Å². The van der Waals surface area contributed by atoms with Gasteiger partial charge in [0, 0.05) is 25.1 Å². The molecule has 0 saturated carbocycles. The van der Waals surface area contributed by atoms with Crippen LogP contribution in [0.1, 0.15) is 11.1 Å². The lowest BCUT2D eigenvalue weighted by atomic mass is 10.1. The molecule has 0 unspecified atom stereocenters. The molecule has 3 nitrogen and oxygen atoms in total. The van der Waals surface area contributed by atoms with E-state index in [2.05, 4.69) is 31.6 Å². The van der Waals surface area contributed by atoms with Crippen molar-refractivity contribution in [1.29, 1.82) is 0 Å². The average molecular weight is 324 g/mol. The maximum atomic E-state index is 12.8. The number of halogens is 4. The topological polar surface area (TPSA) is 36.4 Å². The molecule has 0 aliphatic carbocycles. The molecule has 100 valence electrons. The minimum absolute atomic E-state index is 0.0512. The highest BCUT2D eigenvalue weighted by Crippen LogP contribution is 2.33. The number of hydrogen-bond donors (Lipinski definition) is 2. The minimum Gasteiger partial charge on any atom is -0.359 e. The smallest absolute Gasteiger partial charge is 0.359 e. The number of nitrogens with zero attached hydrogens (tertiary/aromatic N) is 1. The molecular formula is C11H13BrF3N3. The fourth-order valence-electron chi connectivity index (χ4n) is 1.42. The largest absolute Gasteiger partial charge is 0.416 e. The van der Waals surface area contributed by atoms with Crippen LogP contribution in [0.3, 0.4) is 0 Å². The first-order chi connectivity index (χ1) is 8.38. The summed E-state index contributed by atoms with van der Waals surface area (Å²) in [5, 5.41) is 5.53. The number of aliphatic imine (C=N–C) groups is 1. The van der Waals surface area contributed by atoms with Crippen LogP contribution in [0.15, 0.2) is 27.7 Å². The molecule has 0 spiro atoms. The normalized spacial score (nSPS) is 12.4. The average Bonchev–Trinajstić information content (AvgIpc) is 2.30. The van der Waals surface area contributed by atoms with Crippen LogP contribution in [0.25, 0.3) is 0 Å². The van der Waals surface area contributed by atoms with Gasteiger partial charge in [-0.3, -0.25) is 4.99 Å². The number of nitrogens with one attached hydrogen (secondary N) is 2. The van der Waals surface area contributed by atoms with E-state index in [1.807, 2.05) is 0 Å². The van der Waals surface area contributed by atoms with E-state index in [0.717, 1.165) is 6.07 Å². The summed E-state index contributed by atoms with van der Waals surface area (Å²) in [6, 6.07) is 4.08. The zero-order valence-electron chi connectivity index (χ0n) is 9.90. The second-order valence-corrected chi connectivity index (χ2v) is 4.39. The lowest BCUT2D eigenvalue weighted by molar-refractivity contribution is -0.138. The van der Waals surface area contributed by atoms with Crippen molar-refractivity contribution < 1.29 is 13.2 Å². The molecule has 2 N–H and O–H groups in total. The summed E-state index contributed by atoms with van der Waals surface area (Å²) in [4.78, 5) is 3.83. The van der Waals surface area contributed by atoms with Gasteiger partial charge in [0.2, 0.25) is 0 Å². The number of hydrogen-bond acceptors (Lipinski definition) is 1. The summed E-state index contributed by atoms with van der Waals surface area (Å²) >= 11 is 3.04. The maximum absolute atomic E-state index is 12.8. The van der Waals surface area contributed by atoms with Gasteiger partial charge in [-0.15, -0.1) is 0 Å². The molecule has 1 rings (SSSR count). The molecule has 0 aliphatic heterocycles. The van der Waals surface area contributed by atoms with Crippen LogP contribution >= 0.6 is 15.9 Å². The summed E-state index contributed by atoms with van der Waals surface area (Å²) in [6.07, 6.45) is -4.37. The highest BCUT2D eigenvalue weighted by atomic mass is 79.9. The van der Waals surface area contributed by atoms with Gasteiger partial charge in [-0.25, -0.2) is 0 Å². The van der Waals surface area contributed by atoms with E-state index in [9.17, 15) is 13.2 Å². The van der Waals surface area contributed by atoms with E-state index >= 15 is 0 Å². The molecule has 0 radical (unpaired) electrons. The SMILES string of the molecule is CN=C(NC)NCc1ccc(Br)cc1C(F)(F)F. The molecular weight excluding hydrogens is 311 g/mol. The van der Waals surface area contributed by atoms with Crippen molar-refractivity contribution in [1.82, 2.24) is 10.6 Å². The Balaban J connectivity index is 2.95. The van der Waals surface area contributed by atoms with Crippen LogP contribution in [0.2, 0.25) is 0 Å². The standard InChI is InChI=1S/C11H13BrF3N3/c1-16-10(17-2)18-6-7-3-4-8(12)5-9(7)11(13,14)15/h3-5H,6H2,1-2H3,(H2,16,17,18). The van der Waals surface area contributed by atoms with Crippen molar-refractivity contribution in [2.45, 2.75) is 12.7 Å². The molecule has 0 saturated heterocycles. The fourth-order valence-corrected chi connectivity index (χ4v) is 1.79. The van der Waals surface area contributed by atoms with Crippen molar-refractivity contribution in [3.63, 3.8) is 0 Å². The summed E-state index contributed by atoms with van der Waals surface area (Å²) in [7, 11) is 3.19. The van der Waals surface area contributed by atoms with Gasteiger partial charge >= 0.3 is 6.18 Å². The maximum Gasteiger partial charge on any atom is 0.416 e. The number of alkyl halides is 3. The Morgan fingerprint density at radius 2 is 2.06 bits per heavy atom. The Morgan fingerprint density at radius 1 is 1.39 bits per heavy atom. The number of rotatable bonds is 2. The summed E-state index contributed by atoms with van der Waals surface area (Å²) < 4.78 is 38.9. The molecule has 18 heavy (non-hydrogen) atoms. The van der Waals surface area contributed by atoms with Crippen LogP contribution in [0, 0.1) is 0 Å². The number of guanidine groups is 1. The van der Waals surface area contributed by atoms with Crippen molar-refractivity contribution in [2.24, 2.45) is 4.99 Å². The first-order valence-corrected chi connectivity index (χ1v) is 5.91. The summed E-state index contributed by atoms with van der Waals surface area (Å²) in [5.74, 6) is 0.436. The fraction of sp³-hybridized carbons (Fsp3) is 0.364. The van der Waals surface area contributed by atoms with Crippen LogP contribution in [-0.4, -0.2) is 20.1 Å². The quantitative estimate of drug-likeness (QED) is 0.648. The Bertz CT molecular complexity index is 444. The molecule has 0 aliphatic rings. The molecule has 0 fully saturated rings. The third-order valence-corrected chi connectivity index (χ3v) is 2.78. The van der Waals surface area contributed by atoms with E-state index in [1.165, 1.54) is 6.07 Å². The predicted molar refractivity (Wildman–Crippen MR) is 68.4 cm³/mol. The molecule has 0 bridgehead atoms. The first kappa shape index (κ1) is 14.8. The molecule has 1 aromatic rings. The van der Waals surface area contributed by atoms with Crippen molar-refractivity contribution in [3.8, 4) is 0 Å². The van der Waals surface area contributed by atoms with Gasteiger partial charge in [0.15, 0.2) is 5.96 Å². The highest BCUT2D eigenvalue weighted by molar-refractivity contribution is 9.10. The van der Waals surface area contributed by atoms with E-state index in [-0.39, 0.29) is 12.1 Å². The van der Waals surface area contributed by atoms with Crippen molar-refractivity contribution >= 4 is 21.9 Å². The lowest BCUT2D eigenvalue weighted by Crippen LogP contribution is -2.34. The molecule has 0 aromatic heterocycles. The minimum atomic E-state index is -4.37. The molecule has 0 atom stereocenters. The van der Waals surface area contributed by atoms with Gasteiger partial charge in [0.25, 0.3) is 0 Å². The zero-order valence-corrected chi connectivity index (χ0v) is 11.5. The van der Waals surface area contributed by atoms with E-state index in [0.29, 0.717) is 10.4 Å². The van der Waals surface area contributed by atoms with Gasteiger partial charge in [0.05, 0.1) is 5.56 Å². The summed E-state index contributed by atoms with van der Waals surface area (Å²) in [6.45, 7) is 0.0512. The van der Waals surface area contributed by atoms with Crippen LogP contribution in [0.5, 0.6) is 0 Å². The molecule has 1 aromatic carbocycles. The Kier molecular flexibility index (Phi) is 5.01. The van der Waals surface area contributed by atoms with Gasteiger partial charge in [-0.1, -0.05) is 22.0 Å². The molecule has 7 heteroatoms. The predicted octanol–water partition coefficient (Wildman–Crippen LogP) is 2.76. The Labute approximate surface area is 112 Å². The molecule has 0 heterocycles. The van der Waals surface area contributed by atoms with Crippen LogP contribution < -0.4 is 10.6 Å². The van der Waals surface area contributed by atoms with Gasteiger partial charge < -0.3 is 10.6 Å². The third-order valence-electron chi connectivity index (χ3n) is 2.28. The second-order valence-electron chi connectivity index (χ2n) is 3.47. The van der Waals surface area contributed by atoms with Gasteiger partial charge in [-0.05, 0) is 17.7 Å². The van der Waals surface area contributed by atoms with Crippen molar-refractivity contribution in [2.75, 3.05) is 14.1 Å². The highest BCUT2D eigenvalue weighted by Gasteiger charge is 2.33. The zero-order chi connectivity index (χ0) is 13.8. The van der Waals surface area contributed by atoms with Crippen LogP contribution in [0.4, 0.5) is 13.2 Å². The van der Waals surface area contributed by atoms with Gasteiger partial charge in [0.1, 0.15) is 0 Å². The van der Waals surface area contributed by atoms with E-state index in [1.54, 1.807) is 20.2 Å². The Hall–Kier alpha value is -1.24. The van der Waals surface area contributed by atoms with Crippen molar-refractivity contribution in [3.05, 3.63) is 33.8 Å². The number of benzene rings is 1. The third kappa shape index (κ3) is 3.90. The first-order valence-electron chi connectivity index (χ1n) is 5.12. The second kappa shape index (κ2) is 6.08. The van der Waals surface area contributed by atoms with E-state index < -0.39 is 11.7 Å². The van der Waals surface area contributed by atoms with E-state index in [4.69, 9.17) is 0 Å². The van der Waals surface area contributed by atoms with Crippen LogP contribution in [-0.2, 0) is 12.7 Å². The lowest BCUT2D eigenvalue weighted by Gasteiger charge is -2.15. The monoisotopic (exact) mass is 323 g/mol. The summed E-state index contributed by atoms with van der Waals surface area (Å²) in [5.41, 5.74) is -0.488. The molecule has 0 amide bonds.